The molecule has 1 heterocycles. The maximum atomic E-state index is 5.93. The average Bonchev–Trinajstić information content (AvgIpc) is 2.93. The highest BCUT2D eigenvalue weighted by Gasteiger charge is 2.11. The minimum Gasteiger partial charge on any atom is -0.459 e. The maximum Gasteiger partial charge on any atom is 0.134 e. The number of rotatable bonds is 4. The highest BCUT2D eigenvalue weighted by molar-refractivity contribution is 5.77. The highest BCUT2D eigenvalue weighted by atomic mass is 16.3. The normalized spacial score (nSPS) is 12.7. The Bertz CT molecular complexity index is 768. The summed E-state index contributed by atoms with van der Waals surface area (Å²) in [7, 11) is 0. The maximum absolute atomic E-state index is 5.93. The number of benzene rings is 2. The van der Waals surface area contributed by atoms with Crippen LogP contribution in [-0.4, -0.2) is 0 Å². The minimum absolute atomic E-state index is 0.188. The lowest BCUT2D eigenvalue weighted by Gasteiger charge is -2.14. The zero-order chi connectivity index (χ0) is 15.7. The van der Waals surface area contributed by atoms with Crippen molar-refractivity contribution in [3.8, 4) is 0 Å². The van der Waals surface area contributed by atoms with E-state index in [0.717, 1.165) is 23.3 Å². The van der Waals surface area contributed by atoms with E-state index in [9.17, 15) is 0 Å². The van der Waals surface area contributed by atoms with Crippen LogP contribution >= 0.6 is 0 Å². The predicted molar refractivity (Wildman–Crippen MR) is 92.1 cm³/mol. The lowest BCUT2D eigenvalue weighted by Crippen LogP contribution is -2.18. The Morgan fingerprint density at radius 1 is 0.955 bits per heavy atom. The molecule has 0 fully saturated rings. The molecule has 0 aliphatic rings. The summed E-state index contributed by atoms with van der Waals surface area (Å²) >= 11 is 0. The van der Waals surface area contributed by atoms with Crippen LogP contribution in [-0.2, 0) is 6.54 Å². The molecule has 1 N–H and O–H groups in total. The summed E-state index contributed by atoms with van der Waals surface area (Å²) in [4.78, 5) is 0. The van der Waals surface area contributed by atoms with Gasteiger partial charge in [-0.2, -0.15) is 0 Å². The molecule has 1 atom stereocenters. The van der Waals surface area contributed by atoms with Gasteiger partial charge in [0, 0.05) is 11.9 Å². The largest absolute Gasteiger partial charge is 0.459 e. The van der Waals surface area contributed by atoms with Gasteiger partial charge in [-0.15, -0.1) is 0 Å². The molecule has 3 aromatic rings. The summed E-state index contributed by atoms with van der Waals surface area (Å²) < 4.78 is 5.93. The zero-order valence-electron chi connectivity index (χ0n) is 13.7. The van der Waals surface area contributed by atoms with Crippen LogP contribution in [0.3, 0.4) is 0 Å². The molecule has 0 saturated carbocycles. The monoisotopic (exact) mass is 293 g/mol. The molecule has 0 amide bonds. The Morgan fingerprint density at radius 2 is 1.68 bits per heavy atom. The van der Waals surface area contributed by atoms with Gasteiger partial charge in [-0.1, -0.05) is 30.3 Å². The van der Waals surface area contributed by atoms with Crippen LogP contribution in [0.15, 0.2) is 46.9 Å². The lowest BCUT2D eigenvalue weighted by molar-refractivity contribution is 0.450. The summed E-state index contributed by atoms with van der Waals surface area (Å²) in [6.45, 7) is 9.51. The number of aryl methyl sites for hydroxylation is 3. The standard InChI is InChI=1S/C20H23NO/c1-13-9-15(3)18(10-14(13)2)12-21-16(4)20-11-17-7-5-6-8-19(17)22-20/h5-11,16,21H,12H2,1-4H3. The number of nitrogens with one attached hydrogen (secondary N) is 1. The number of hydrogen-bond acceptors (Lipinski definition) is 2. The van der Waals surface area contributed by atoms with Crippen LogP contribution in [0.5, 0.6) is 0 Å². The van der Waals surface area contributed by atoms with Crippen molar-refractivity contribution in [3.63, 3.8) is 0 Å². The van der Waals surface area contributed by atoms with Crippen molar-refractivity contribution in [1.82, 2.24) is 5.32 Å². The molecule has 0 radical (unpaired) electrons. The van der Waals surface area contributed by atoms with Crippen LogP contribution in [0.1, 0.15) is 41.0 Å². The van der Waals surface area contributed by atoms with Gasteiger partial charge in [-0.25, -0.2) is 0 Å². The lowest BCUT2D eigenvalue weighted by atomic mass is 10.0. The van der Waals surface area contributed by atoms with Gasteiger partial charge in [0.05, 0.1) is 6.04 Å². The predicted octanol–water partition coefficient (Wildman–Crippen LogP) is 5.21. The van der Waals surface area contributed by atoms with Crippen LogP contribution < -0.4 is 5.32 Å². The first-order chi connectivity index (χ1) is 10.5. The Labute approximate surface area is 132 Å². The van der Waals surface area contributed by atoms with Crippen molar-refractivity contribution in [1.29, 1.82) is 0 Å². The summed E-state index contributed by atoms with van der Waals surface area (Å²) in [5, 5.41) is 4.73. The van der Waals surface area contributed by atoms with Gasteiger partial charge >= 0.3 is 0 Å². The van der Waals surface area contributed by atoms with E-state index in [0.29, 0.717) is 0 Å². The first-order valence-corrected chi connectivity index (χ1v) is 7.83. The highest BCUT2D eigenvalue weighted by Crippen LogP contribution is 2.24. The minimum atomic E-state index is 0.188. The van der Waals surface area contributed by atoms with Gasteiger partial charge in [0.2, 0.25) is 0 Å². The number of furan rings is 1. The SMILES string of the molecule is Cc1cc(C)c(CNC(C)c2cc3ccccc3o2)cc1C. The van der Waals surface area contributed by atoms with Crippen LogP contribution in [0.4, 0.5) is 0 Å². The van der Waals surface area contributed by atoms with Crippen molar-refractivity contribution in [3.05, 3.63) is 70.5 Å². The van der Waals surface area contributed by atoms with Gasteiger partial charge in [-0.3, -0.25) is 0 Å². The molecular formula is C20H23NO. The average molecular weight is 293 g/mol. The molecule has 2 heteroatoms. The molecular weight excluding hydrogens is 270 g/mol. The molecule has 3 rings (SSSR count). The van der Waals surface area contributed by atoms with Gasteiger partial charge in [0.15, 0.2) is 0 Å². The van der Waals surface area contributed by atoms with Crippen LogP contribution in [0.25, 0.3) is 11.0 Å². The zero-order valence-corrected chi connectivity index (χ0v) is 13.7. The summed E-state index contributed by atoms with van der Waals surface area (Å²) in [6.07, 6.45) is 0. The van der Waals surface area contributed by atoms with E-state index in [2.05, 4.69) is 57.3 Å². The fourth-order valence-corrected chi connectivity index (χ4v) is 2.79. The van der Waals surface area contributed by atoms with E-state index in [4.69, 9.17) is 4.42 Å². The van der Waals surface area contributed by atoms with Crippen molar-refractivity contribution >= 4 is 11.0 Å². The summed E-state index contributed by atoms with van der Waals surface area (Å²) in [6, 6.07) is 15.0. The smallest absolute Gasteiger partial charge is 0.134 e. The molecule has 1 unspecified atom stereocenters. The molecule has 2 aromatic carbocycles. The molecule has 0 spiro atoms. The third kappa shape index (κ3) is 2.93. The van der Waals surface area contributed by atoms with Crippen molar-refractivity contribution in [2.75, 3.05) is 0 Å². The Balaban J connectivity index is 1.74. The summed E-state index contributed by atoms with van der Waals surface area (Å²) in [5.74, 6) is 0.989. The molecule has 0 bridgehead atoms. The number of fused-ring (bicyclic) bond motifs is 1. The molecule has 1 aromatic heterocycles. The van der Waals surface area contributed by atoms with Crippen LogP contribution in [0, 0.1) is 20.8 Å². The van der Waals surface area contributed by atoms with E-state index < -0.39 is 0 Å². The molecule has 2 nitrogen and oxygen atoms in total. The fraction of sp³-hybridized carbons (Fsp3) is 0.300. The topological polar surface area (TPSA) is 25.2 Å². The molecule has 0 aliphatic heterocycles. The van der Waals surface area contributed by atoms with Crippen molar-refractivity contribution in [2.24, 2.45) is 0 Å². The number of para-hydroxylation sites is 1. The Morgan fingerprint density at radius 3 is 2.45 bits per heavy atom. The van der Waals surface area contributed by atoms with E-state index in [-0.39, 0.29) is 6.04 Å². The summed E-state index contributed by atoms with van der Waals surface area (Å²) in [5.41, 5.74) is 6.34. The molecule has 22 heavy (non-hydrogen) atoms. The second-order valence-electron chi connectivity index (χ2n) is 6.15. The van der Waals surface area contributed by atoms with Gasteiger partial charge in [0.1, 0.15) is 11.3 Å². The van der Waals surface area contributed by atoms with Gasteiger partial charge in [0.25, 0.3) is 0 Å². The quantitative estimate of drug-likeness (QED) is 0.714. The van der Waals surface area contributed by atoms with E-state index in [1.165, 1.54) is 22.3 Å². The van der Waals surface area contributed by atoms with E-state index >= 15 is 0 Å². The first-order valence-electron chi connectivity index (χ1n) is 7.83. The second kappa shape index (κ2) is 5.98. The second-order valence-corrected chi connectivity index (χ2v) is 6.15. The number of hydrogen-bond donors (Lipinski definition) is 1. The van der Waals surface area contributed by atoms with Gasteiger partial charge < -0.3 is 9.73 Å². The first kappa shape index (κ1) is 14.9. The van der Waals surface area contributed by atoms with E-state index in [1.54, 1.807) is 0 Å². The fourth-order valence-electron chi connectivity index (χ4n) is 2.79. The molecule has 0 saturated heterocycles. The third-order valence-corrected chi connectivity index (χ3v) is 4.42. The van der Waals surface area contributed by atoms with E-state index in [1.807, 2.05) is 18.2 Å². The molecule has 114 valence electrons. The van der Waals surface area contributed by atoms with Crippen molar-refractivity contribution < 1.29 is 4.42 Å². The van der Waals surface area contributed by atoms with Gasteiger partial charge in [-0.05, 0) is 62.1 Å². The molecule has 0 aliphatic carbocycles. The third-order valence-electron chi connectivity index (χ3n) is 4.42. The van der Waals surface area contributed by atoms with Crippen LogP contribution in [0.2, 0.25) is 0 Å². The Hall–Kier alpha value is -2.06. The van der Waals surface area contributed by atoms with Crippen molar-refractivity contribution in [2.45, 2.75) is 40.3 Å². The Kier molecular flexibility index (Phi) is 4.04.